The van der Waals surface area contributed by atoms with Gasteiger partial charge >= 0.3 is 0 Å². The number of aryl methyl sites for hydroxylation is 1. The maximum atomic E-state index is 12.7. The van der Waals surface area contributed by atoms with Crippen LogP contribution in [0, 0.1) is 5.92 Å². The summed E-state index contributed by atoms with van der Waals surface area (Å²) in [6, 6.07) is 5.60. The van der Waals surface area contributed by atoms with E-state index in [1.54, 1.807) is 6.33 Å². The molecule has 1 atom stereocenters. The Balaban J connectivity index is 1.46. The van der Waals surface area contributed by atoms with Gasteiger partial charge in [-0.1, -0.05) is 0 Å². The molecule has 6 heteroatoms. The number of carbonyl (C=O) groups excluding carboxylic acids is 1. The summed E-state index contributed by atoms with van der Waals surface area (Å²) in [5.74, 6) is 1.68. The summed E-state index contributed by atoms with van der Waals surface area (Å²) in [5.41, 5.74) is 2.47. The first-order valence-corrected chi connectivity index (χ1v) is 7.89. The minimum atomic E-state index is 0.0536. The number of carbonyl (C=O) groups is 1. The first-order valence-electron chi connectivity index (χ1n) is 7.89. The fourth-order valence-electron chi connectivity index (χ4n) is 3.35. The number of benzene rings is 1. The van der Waals surface area contributed by atoms with E-state index in [4.69, 9.17) is 0 Å². The van der Waals surface area contributed by atoms with Crippen molar-refractivity contribution in [3.05, 3.63) is 48.3 Å². The van der Waals surface area contributed by atoms with E-state index >= 15 is 0 Å². The molecule has 1 aromatic carbocycles. The Morgan fingerprint density at radius 1 is 1.43 bits per heavy atom. The largest absolute Gasteiger partial charge is 0.345 e. The highest BCUT2D eigenvalue weighted by Gasteiger charge is 2.22. The van der Waals surface area contributed by atoms with Crippen LogP contribution in [0.25, 0.3) is 11.0 Å². The van der Waals surface area contributed by atoms with Crippen molar-refractivity contribution >= 4 is 16.9 Å². The van der Waals surface area contributed by atoms with Crippen LogP contribution in [0.15, 0.2) is 36.9 Å². The van der Waals surface area contributed by atoms with Crippen LogP contribution >= 0.6 is 0 Å². The van der Waals surface area contributed by atoms with Gasteiger partial charge in [-0.2, -0.15) is 0 Å². The monoisotopic (exact) mass is 309 g/mol. The van der Waals surface area contributed by atoms with E-state index in [9.17, 15) is 4.79 Å². The summed E-state index contributed by atoms with van der Waals surface area (Å²) < 4.78 is 2.20. The van der Waals surface area contributed by atoms with E-state index in [0.29, 0.717) is 11.5 Å². The molecule has 1 aliphatic heterocycles. The van der Waals surface area contributed by atoms with Crippen molar-refractivity contribution in [2.75, 3.05) is 13.6 Å². The molecule has 23 heavy (non-hydrogen) atoms. The summed E-state index contributed by atoms with van der Waals surface area (Å²) in [7, 11) is 1.88. The average molecular weight is 309 g/mol. The first kappa shape index (κ1) is 14.0. The predicted molar refractivity (Wildman–Crippen MR) is 87.1 cm³/mol. The lowest BCUT2D eigenvalue weighted by Crippen LogP contribution is -2.35. The maximum Gasteiger partial charge on any atom is 0.253 e. The van der Waals surface area contributed by atoms with Gasteiger partial charge < -0.3 is 14.5 Å². The standard InChI is InChI=1S/C17H19N5O/c1-21(9-12-2-5-16-18-6-7-22(16)10-12)17(23)13-3-4-14-15(8-13)20-11-19-14/h3-4,6-8,11-12H,2,5,9-10H2,1H3,(H,19,20)/t12-/m0/s1. The Morgan fingerprint density at radius 3 is 3.26 bits per heavy atom. The van der Waals surface area contributed by atoms with Crippen molar-refractivity contribution in [3.8, 4) is 0 Å². The van der Waals surface area contributed by atoms with Crippen LogP contribution in [0.1, 0.15) is 22.6 Å². The van der Waals surface area contributed by atoms with Crippen molar-refractivity contribution in [1.82, 2.24) is 24.4 Å². The van der Waals surface area contributed by atoms with Crippen LogP contribution in [-0.2, 0) is 13.0 Å². The van der Waals surface area contributed by atoms with E-state index < -0.39 is 0 Å². The van der Waals surface area contributed by atoms with Gasteiger partial charge in [0.05, 0.1) is 17.4 Å². The van der Waals surface area contributed by atoms with Gasteiger partial charge in [-0.3, -0.25) is 4.79 Å². The zero-order chi connectivity index (χ0) is 15.8. The molecule has 118 valence electrons. The van der Waals surface area contributed by atoms with Crippen molar-refractivity contribution in [2.24, 2.45) is 5.92 Å². The zero-order valence-electron chi connectivity index (χ0n) is 13.1. The molecule has 1 amide bonds. The van der Waals surface area contributed by atoms with Crippen molar-refractivity contribution in [3.63, 3.8) is 0 Å². The number of nitrogens with one attached hydrogen (secondary N) is 1. The van der Waals surface area contributed by atoms with Crippen molar-refractivity contribution in [1.29, 1.82) is 0 Å². The third-order valence-electron chi connectivity index (χ3n) is 4.58. The molecule has 0 radical (unpaired) electrons. The second-order valence-corrected chi connectivity index (χ2v) is 6.22. The smallest absolute Gasteiger partial charge is 0.253 e. The number of amides is 1. The summed E-state index contributed by atoms with van der Waals surface area (Å²) >= 11 is 0. The molecule has 0 unspecified atom stereocenters. The second kappa shape index (κ2) is 5.53. The lowest BCUT2D eigenvalue weighted by atomic mass is 9.98. The Hall–Kier alpha value is -2.63. The number of imidazole rings is 2. The van der Waals surface area contributed by atoms with Gasteiger partial charge in [0.2, 0.25) is 0 Å². The molecule has 0 spiro atoms. The van der Waals surface area contributed by atoms with E-state index in [2.05, 4.69) is 19.5 Å². The van der Waals surface area contributed by atoms with E-state index in [0.717, 1.165) is 42.8 Å². The lowest BCUT2D eigenvalue weighted by Gasteiger charge is -2.28. The van der Waals surface area contributed by atoms with Gasteiger partial charge in [0.1, 0.15) is 5.82 Å². The van der Waals surface area contributed by atoms with Crippen LogP contribution in [-0.4, -0.2) is 43.9 Å². The third-order valence-corrected chi connectivity index (χ3v) is 4.58. The second-order valence-electron chi connectivity index (χ2n) is 6.22. The summed E-state index contributed by atoms with van der Waals surface area (Å²) in [6.45, 7) is 1.70. The molecule has 0 bridgehead atoms. The third kappa shape index (κ3) is 2.60. The number of aromatic nitrogens is 4. The van der Waals surface area contributed by atoms with Gasteiger partial charge in [-0.15, -0.1) is 0 Å². The molecular weight excluding hydrogens is 290 g/mol. The number of hydrogen-bond acceptors (Lipinski definition) is 3. The average Bonchev–Trinajstić information content (AvgIpc) is 3.21. The summed E-state index contributed by atoms with van der Waals surface area (Å²) in [6.07, 6.45) is 7.59. The summed E-state index contributed by atoms with van der Waals surface area (Å²) in [4.78, 5) is 26.1. The molecule has 0 aliphatic carbocycles. The van der Waals surface area contributed by atoms with E-state index in [-0.39, 0.29) is 5.91 Å². The summed E-state index contributed by atoms with van der Waals surface area (Å²) in [5, 5.41) is 0. The minimum absolute atomic E-state index is 0.0536. The number of hydrogen-bond donors (Lipinski definition) is 1. The topological polar surface area (TPSA) is 66.8 Å². The van der Waals surface area contributed by atoms with E-state index in [1.165, 1.54) is 0 Å². The molecule has 6 nitrogen and oxygen atoms in total. The highest BCUT2D eigenvalue weighted by molar-refractivity contribution is 5.97. The molecule has 0 fully saturated rings. The molecule has 0 saturated heterocycles. The highest BCUT2D eigenvalue weighted by atomic mass is 16.2. The Morgan fingerprint density at radius 2 is 2.35 bits per heavy atom. The van der Waals surface area contributed by atoms with Crippen LogP contribution in [0.2, 0.25) is 0 Å². The number of nitrogens with zero attached hydrogens (tertiary/aromatic N) is 4. The SMILES string of the molecule is CN(C[C@@H]1CCc2nccn2C1)C(=O)c1ccc2nc[nH]c2c1. The highest BCUT2D eigenvalue weighted by Crippen LogP contribution is 2.20. The molecule has 2 aromatic heterocycles. The van der Waals surface area contributed by atoms with Gasteiger partial charge in [0.15, 0.2) is 0 Å². The number of rotatable bonds is 3. The molecule has 1 aliphatic rings. The first-order chi connectivity index (χ1) is 11.2. The number of fused-ring (bicyclic) bond motifs is 2. The van der Waals surface area contributed by atoms with Gasteiger partial charge in [-0.05, 0) is 30.5 Å². The number of H-pyrrole nitrogens is 1. The molecule has 1 N–H and O–H groups in total. The zero-order valence-corrected chi connectivity index (χ0v) is 13.1. The normalized spacial score (nSPS) is 17.2. The number of aromatic amines is 1. The van der Waals surface area contributed by atoms with Crippen LogP contribution in [0.3, 0.4) is 0 Å². The molecule has 4 rings (SSSR count). The molecule has 3 heterocycles. The Kier molecular flexibility index (Phi) is 3.37. The maximum absolute atomic E-state index is 12.7. The molecule has 3 aromatic rings. The van der Waals surface area contributed by atoms with Gasteiger partial charge in [0.25, 0.3) is 5.91 Å². The predicted octanol–water partition coefficient (Wildman–Crippen LogP) is 2.09. The molecular formula is C17H19N5O. The Labute approximate surface area is 134 Å². The lowest BCUT2D eigenvalue weighted by molar-refractivity contribution is 0.0760. The Bertz CT molecular complexity index is 849. The fourth-order valence-corrected chi connectivity index (χ4v) is 3.35. The van der Waals surface area contributed by atoms with Crippen molar-refractivity contribution in [2.45, 2.75) is 19.4 Å². The quantitative estimate of drug-likeness (QED) is 0.805. The van der Waals surface area contributed by atoms with E-state index in [1.807, 2.05) is 42.5 Å². The fraction of sp³-hybridized carbons (Fsp3) is 0.353. The van der Waals surface area contributed by atoms with Gasteiger partial charge in [0, 0.05) is 44.5 Å². The van der Waals surface area contributed by atoms with Crippen LogP contribution in [0.5, 0.6) is 0 Å². The minimum Gasteiger partial charge on any atom is -0.345 e. The van der Waals surface area contributed by atoms with Crippen molar-refractivity contribution < 1.29 is 4.79 Å². The van der Waals surface area contributed by atoms with Crippen LogP contribution < -0.4 is 0 Å². The van der Waals surface area contributed by atoms with Crippen LogP contribution in [0.4, 0.5) is 0 Å². The molecule has 0 saturated carbocycles. The van der Waals surface area contributed by atoms with Gasteiger partial charge in [-0.25, -0.2) is 9.97 Å².